The van der Waals surface area contributed by atoms with Gasteiger partial charge in [0.1, 0.15) is 0 Å². The molecule has 0 saturated heterocycles. The van der Waals surface area contributed by atoms with Crippen LogP contribution in [0.1, 0.15) is 115 Å². The summed E-state index contributed by atoms with van der Waals surface area (Å²) in [5.74, 6) is 0. The normalized spacial score (nSPS) is 13.1. The van der Waals surface area contributed by atoms with Gasteiger partial charge in [0.15, 0.2) is 8.07 Å². The van der Waals surface area contributed by atoms with Crippen molar-refractivity contribution in [3.05, 3.63) is 169 Å². The molecule has 1 aliphatic carbocycles. The molecule has 0 heterocycles. The van der Waals surface area contributed by atoms with Gasteiger partial charge < -0.3 is 0 Å². The highest BCUT2D eigenvalue weighted by Crippen LogP contribution is 2.55. The van der Waals surface area contributed by atoms with E-state index in [0.29, 0.717) is 0 Å². The standard InChI is InChI=1S/C53H60Si/c1-3-5-7-9-11-24-40-53(41-25-12-10-8-6-4-2)51-33-23-22-32-49(51)50-39-36-44(42-52(50)53)43-34-37-48(38-35-43)54(45-26-16-13-17-27-45,46-28-18-14-19-29-46)47-30-20-15-21-31-47/h13-23,26-39,42H,3-12,24-25,40-41H2,1-2H3. The topological polar surface area (TPSA) is 0 Å². The second kappa shape index (κ2) is 18.2. The molecule has 0 saturated carbocycles. The highest BCUT2D eigenvalue weighted by molar-refractivity contribution is 7.19. The summed E-state index contributed by atoms with van der Waals surface area (Å²) in [6.45, 7) is 4.64. The maximum atomic E-state index is 2.61. The van der Waals surface area contributed by atoms with Crippen molar-refractivity contribution in [2.45, 2.75) is 109 Å². The SMILES string of the molecule is CCCCCCCCC1(CCCCCCCC)c2ccccc2-c2ccc(-c3ccc([Si](c4ccccc4)(c4ccccc4)c4ccccc4)cc3)cc21. The Kier molecular flexibility index (Phi) is 12.8. The first-order valence-corrected chi connectivity index (χ1v) is 23.2. The first kappa shape index (κ1) is 37.8. The number of hydrogen-bond acceptors (Lipinski definition) is 0. The molecule has 276 valence electrons. The lowest BCUT2D eigenvalue weighted by atomic mass is 9.70. The summed E-state index contributed by atoms with van der Waals surface area (Å²) >= 11 is 0. The molecule has 0 spiro atoms. The maximum Gasteiger partial charge on any atom is 0.179 e. The van der Waals surface area contributed by atoms with Gasteiger partial charge >= 0.3 is 0 Å². The minimum absolute atomic E-state index is 0.0907. The Morgan fingerprint density at radius 3 is 1.28 bits per heavy atom. The number of unbranched alkanes of at least 4 members (excludes halogenated alkanes) is 10. The molecule has 0 fully saturated rings. The van der Waals surface area contributed by atoms with Crippen LogP contribution in [-0.4, -0.2) is 8.07 Å². The van der Waals surface area contributed by atoms with E-state index in [0.717, 1.165) is 0 Å². The lowest BCUT2D eigenvalue weighted by molar-refractivity contribution is 0.398. The second-order valence-corrected chi connectivity index (χ2v) is 19.7. The van der Waals surface area contributed by atoms with Crippen molar-refractivity contribution in [2.75, 3.05) is 0 Å². The largest absolute Gasteiger partial charge is 0.179 e. The fourth-order valence-electron chi connectivity index (χ4n) is 9.69. The summed E-state index contributed by atoms with van der Waals surface area (Å²) in [5.41, 5.74) is 8.83. The van der Waals surface area contributed by atoms with E-state index in [1.54, 1.807) is 11.1 Å². The van der Waals surface area contributed by atoms with Crippen LogP contribution in [0.2, 0.25) is 0 Å². The van der Waals surface area contributed by atoms with Crippen LogP contribution in [0.15, 0.2) is 158 Å². The van der Waals surface area contributed by atoms with Gasteiger partial charge in [-0.25, -0.2) is 0 Å². The predicted molar refractivity (Wildman–Crippen MR) is 238 cm³/mol. The van der Waals surface area contributed by atoms with Gasteiger partial charge in [0.2, 0.25) is 0 Å². The molecule has 6 aromatic carbocycles. The summed E-state index contributed by atoms with van der Waals surface area (Å²) in [6, 6.07) is 60.4. The van der Waals surface area contributed by atoms with Crippen LogP contribution in [0.4, 0.5) is 0 Å². The van der Waals surface area contributed by atoms with Gasteiger partial charge in [-0.1, -0.05) is 243 Å². The number of rotatable bonds is 19. The van der Waals surface area contributed by atoms with Crippen LogP contribution in [-0.2, 0) is 5.41 Å². The quantitative estimate of drug-likeness (QED) is 0.0443. The average Bonchev–Trinajstić information content (AvgIpc) is 3.51. The predicted octanol–water partition coefficient (Wildman–Crippen LogP) is 12.5. The monoisotopic (exact) mass is 724 g/mol. The Labute approximate surface area is 327 Å². The molecule has 0 atom stereocenters. The fraction of sp³-hybridized carbons (Fsp3) is 0.321. The molecule has 0 N–H and O–H groups in total. The second-order valence-electron chi connectivity index (χ2n) is 15.8. The van der Waals surface area contributed by atoms with Crippen molar-refractivity contribution in [1.29, 1.82) is 0 Å². The number of benzene rings is 6. The van der Waals surface area contributed by atoms with E-state index in [9.17, 15) is 0 Å². The smallest absolute Gasteiger partial charge is 0.0654 e. The van der Waals surface area contributed by atoms with Crippen molar-refractivity contribution in [2.24, 2.45) is 0 Å². The minimum atomic E-state index is -2.56. The maximum absolute atomic E-state index is 2.61. The van der Waals surface area contributed by atoms with E-state index in [-0.39, 0.29) is 5.41 Å². The Bertz CT molecular complexity index is 1910. The molecule has 54 heavy (non-hydrogen) atoms. The molecule has 1 heteroatoms. The summed E-state index contributed by atoms with van der Waals surface area (Å²) in [7, 11) is -2.56. The number of hydrogen-bond donors (Lipinski definition) is 0. The summed E-state index contributed by atoms with van der Waals surface area (Å²) in [4.78, 5) is 0. The molecular weight excluding hydrogens is 665 g/mol. The van der Waals surface area contributed by atoms with E-state index in [2.05, 4.69) is 172 Å². The van der Waals surface area contributed by atoms with Crippen molar-refractivity contribution in [3.63, 3.8) is 0 Å². The first-order valence-electron chi connectivity index (χ1n) is 21.2. The van der Waals surface area contributed by atoms with E-state index in [1.165, 1.54) is 133 Å². The highest BCUT2D eigenvalue weighted by Gasteiger charge is 2.43. The molecule has 0 nitrogen and oxygen atoms in total. The van der Waals surface area contributed by atoms with Crippen LogP contribution >= 0.6 is 0 Å². The molecule has 0 aromatic heterocycles. The van der Waals surface area contributed by atoms with E-state index in [1.807, 2.05) is 0 Å². The molecule has 0 unspecified atom stereocenters. The van der Waals surface area contributed by atoms with Crippen molar-refractivity contribution in [3.8, 4) is 22.3 Å². The van der Waals surface area contributed by atoms with E-state index >= 15 is 0 Å². The molecule has 1 aliphatic rings. The molecule has 0 aliphatic heterocycles. The molecular formula is C53H60Si. The van der Waals surface area contributed by atoms with E-state index < -0.39 is 8.07 Å². The van der Waals surface area contributed by atoms with Gasteiger partial charge in [-0.3, -0.25) is 0 Å². The summed E-state index contributed by atoms with van der Waals surface area (Å²) in [5, 5.41) is 5.67. The van der Waals surface area contributed by atoms with Crippen LogP contribution in [0.25, 0.3) is 22.3 Å². The Hall–Kier alpha value is -4.46. The molecule has 7 rings (SSSR count). The molecule has 0 bridgehead atoms. The van der Waals surface area contributed by atoms with Crippen LogP contribution in [0.5, 0.6) is 0 Å². The Morgan fingerprint density at radius 1 is 0.352 bits per heavy atom. The zero-order valence-electron chi connectivity index (χ0n) is 32.9. The van der Waals surface area contributed by atoms with Gasteiger partial charge in [-0.2, -0.15) is 0 Å². The third-order valence-electron chi connectivity index (χ3n) is 12.5. The van der Waals surface area contributed by atoms with Gasteiger partial charge in [0.25, 0.3) is 0 Å². The van der Waals surface area contributed by atoms with Gasteiger partial charge in [-0.15, -0.1) is 0 Å². The van der Waals surface area contributed by atoms with Crippen LogP contribution in [0.3, 0.4) is 0 Å². The zero-order chi connectivity index (χ0) is 37.1. The van der Waals surface area contributed by atoms with Crippen molar-refractivity contribution < 1.29 is 0 Å². The summed E-state index contributed by atoms with van der Waals surface area (Å²) < 4.78 is 0. The van der Waals surface area contributed by atoms with Gasteiger partial charge in [0.05, 0.1) is 0 Å². The van der Waals surface area contributed by atoms with Gasteiger partial charge in [-0.05, 0) is 73.0 Å². The lowest BCUT2D eigenvalue weighted by Crippen LogP contribution is -2.74. The minimum Gasteiger partial charge on any atom is -0.0654 e. The van der Waals surface area contributed by atoms with Crippen molar-refractivity contribution >= 4 is 28.8 Å². The molecule has 0 amide bonds. The highest BCUT2D eigenvalue weighted by atomic mass is 28.3. The van der Waals surface area contributed by atoms with Crippen molar-refractivity contribution in [1.82, 2.24) is 0 Å². The zero-order valence-corrected chi connectivity index (χ0v) is 33.9. The third-order valence-corrected chi connectivity index (χ3v) is 17.3. The number of fused-ring (bicyclic) bond motifs is 3. The van der Waals surface area contributed by atoms with Gasteiger partial charge in [0, 0.05) is 5.41 Å². The average molecular weight is 725 g/mol. The van der Waals surface area contributed by atoms with Crippen LogP contribution in [0, 0.1) is 0 Å². The fourth-order valence-corrected chi connectivity index (χ4v) is 14.4. The Morgan fingerprint density at radius 2 is 0.759 bits per heavy atom. The summed E-state index contributed by atoms with van der Waals surface area (Å²) in [6.07, 6.45) is 18.6. The Balaban J connectivity index is 1.28. The lowest BCUT2D eigenvalue weighted by Gasteiger charge is -2.34. The first-order chi connectivity index (χ1) is 26.7. The van der Waals surface area contributed by atoms with E-state index in [4.69, 9.17) is 0 Å². The molecule has 6 aromatic rings. The third kappa shape index (κ3) is 7.71. The molecule has 0 radical (unpaired) electrons. The van der Waals surface area contributed by atoms with Crippen LogP contribution < -0.4 is 20.7 Å².